The number of hydrogen-bond acceptors (Lipinski definition) is 3. The maximum Gasteiger partial charge on any atom is 0.177 e. The molecule has 0 aliphatic rings. The summed E-state index contributed by atoms with van der Waals surface area (Å²) in [5, 5.41) is 9.55. The first-order valence-corrected chi connectivity index (χ1v) is 7.92. The van der Waals surface area contributed by atoms with Crippen LogP contribution in [0.2, 0.25) is 0 Å². The lowest BCUT2D eigenvalue weighted by Crippen LogP contribution is -2.02. The summed E-state index contributed by atoms with van der Waals surface area (Å²) in [6.45, 7) is 2.02. The Balaban J connectivity index is 1.82. The van der Waals surface area contributed by atoms with Crippen LogP contribution in [-0.4, -0.2) is 10.9 Å². The topological polar surface area (TPSA) is 37.3 Å². The summed E-state index contributed by atoms with van der Waals surface area (Å²) in [6.07, 6.45) is 0.423. The molecule has 2 nitrogen and oxygen atoms in total. The Morgan fingerprint density at radius 2 is 1.86 bits per heavy atom. The number of thiophene rings is 1. The number of rotatable bonds is 4. The van der Waals surface area contributed by atoms with Gasteiger partial charge in [-0.1, -0.05) is 36.4 Å². The van der Waals surface area contributed by atoms with Crippen LogP contribution in [0.1, 0.15) is 20.8 Å². The molecule has 0 spiro atoms. The number of aryl methyl sites for hydroxylation is 1. The number of aromatic hydroxyl groups is 1. The summed E-state index contributed by atoms with van der Waals surface area (Å²) in [6, 6.07) is 18.8. The van der Waals surface area contributed by atoms with Crippen molar-refractivity contribution in [1.29, 1.82) is 0 Å². The van der Waals surface area contributed by atoms with Gasteiger partial charge in [-0.25, -0.2) is 0 Å². The minimum atomic E-state index is 0.130. The third kappa shape index (κ3) is 3.10. The van der Waals surface area contributed by atoms with Gasteiger partial charge in [-0.3, -0.25) is 4.79 Å². The lowest BCUT2D eigenvalue weighted by molar-refractivity contribution is 0.0996. The predicted octanol–water partition coefficient (Wildman–Crippen LogP) is 4.85. The summed E-state index contributed by atoms with van der Waals surface area (Å²) >= 11 is 1.47. The van der Waals surface area contributed by atoms with Crippen molar-refractivity contribution in [2.75, 3.05) is 0 Å². The third-order valence-corrected chi connectivity index (χ3v) is 4.80. The van der Waals surface area contributed by atoms with Crippen LogP contribution in [-0.2, 0) is 6.42 Å². The van der Waals surface area contributed by atoms with Crippen molar-refractivity contribution < 1.29 is 9.90 Å². The Morgan fingerprint density at radius 1 is 1.05 bits per heavy atom. The predicted molar refractivity (Wildman–Crippen MR) is 90.6 cm³/mol. The van der Waals surface area contributed by atoms with Gasteiger partial charge in [0, 0.05) is 11.3 Å². The van der Waals surface area contributed by atoms with Gasteiger partial charge in [0.1, 0.15) is 5.75 Å². The zero-order chi connectivity index (χ0) is 15.5. The molecule has 22 heavy (non-hydrogen) atoms. The van der Waals surface area contributed by atoms with Crippen molar-refractivity contribution in [3.05, 3.63) is 76.7 Å². The monoisotopic (exact) mass is 308 g/mol. The van der Waals surface area contributed by atoms with Gasteiger partial charge < -0.3 is 5.11 Å². The highest BCUT2D eigenvalue weighted by Crippen LogP contribution is 2.30. The number of hydrogen-bond donors (Lipinski definition) is 1. The van der Waals surface area contributed by atoms with Crippen molar-refractivity contribution >= 4 is 17.1 Å². The van der Waals surface area contributed by atoms with E-state index in [9.17, 15) is 9.90 Å². The van der Waals surface area contributed by atoms with E-state index in [0.717, 1.165) is 26.4 Å². The molecule has 0 aliphatic heterocycles. The molecular formula is C19H16O2S. The third-order valence-electron chi connectivity index (χ3n) is 3.62. The molecule has 0 saturated heterocycles. The molecule has 1 aromatic heterocycles. The number of ketones is 1. The SMILES string of the molecule is Cc1ccccc1CC(=O)c1ccc(-c2cccc(O)c2)s1. The van der Waals surface area contributed by atoms with Gasteiger partial charge in [0.2, 0.25) is 0 Å². The first kappa shape index (κ1) is 14.5. The maximum atomic E-state index is 12.4. The fraction of sp³-hybridized carbons (Fsp3) is 0.105. The van der Waals surface area contributed by atoms with Gasteiger partial charge in [-0.05, 0) is 47.9 Å². The molecule has 0 aliphatic carbocycles. The molecule has 0 saturated carbocycles. The van der Waals surface area contributed by atoms with Crippen LogP contribution >= 0.6 is 11.3 Å². The second-order valence-electron chi connectivity index (χ2n) is 5.24. The zero-order valence-electron chi connectivity index (χ0n) is 12.2. The Bertz CT molecular complexity index is 818. The van der Waals surface area contributed by atoms with E-state index in [-0.39, 0.29) is 11.5 Å². The van der Waals surface area contributed by atoms with Gasteiger partial charge in [0.25, 0.3) is 0 Å². The smallest absolute Gasteiger partial charge is 0.177 e. The molecule has 110 valence electrons. The lowest BCUT2D eigenvalue weighted by atomic mass is 10.0. The molecule has 0 atom stereocenters. The molecule has 0 unspecified atom stereocenters. The van der Waals surface area contributed by atoms with Crippen LogP contribution < -0.4 is 0 Å². The van der Waals surface area contributed by atoms with Crippen LogP contribution in [0.4, 0.5) is 0 Å². The fourth-order valence-corrected chi connectivity index (χ4v) is 3.31. The standard InChI is InChI=1S/C19H16O2S/c1-13-5-2-3-6-14(13)12-17(21)19-10-9-18(22-19)15-7-4-8-16(20)11-15/h2-11,20H,12H2,1H3. The molecule has 0 radical (unpaired) electrons. The molecule has 0 amide bonds. The Morgan fingerprint density at radius 3 is 2.64 bits per heavy atom. The second-order valence-corrected chi connectivity index (χ2v) is 6.32. The van der Waals surface area contributed by atoms with Crippen LogP contribution in [0.3, 0.4) is 0 Å². The second kappa shape index (κ2) is 6.16. The average Bonchev–Trinajstić information content (AvgIpc) is 2.99. The van der Waals surface area contributed by atoms with Crippen LogP contribution in [0.5, 0.6) is 5.75 Å². The molecule has 3 rings (SSSR count). The normalized spacial score (nSPS) is 10.6. The van der Waals surface area contributed by atoms with Crippen molar-refractivity contribution in [3.63, 3.8) is 0 Å². The van der Waals surface area contributed by atoms with Crippen molar-refractivity contribution in [2.24, 2.45) is 0 Å². The molecule has 1 heterocycles. The quantitative estimate of drug-likeness (QED) is 0.699. The van der Waals surface area contributed by atoms with Gasteiger partial charge >= 0.3 is 0 Å². The summed E-state index contributed by atoms with van der Waals surface area (Å²) in [5.41, 5.74) is 3.14. The first-order valence-electron chi connectivity index (χ1n) is 7.10. The van der Waals surface area contributed by atoms with E-state index in [1.807, 2.05) is 49.4 Å². The summed E-state index contributed by atoms with van der Waals surface area (Å²) in [4.78, 5) is 14.2. The van der Waals surface area contributed by atoms with Crippen LogP contribution in [0.15, 0.2) is 60.7 Å². The van der Waals surface area contributed by atoms with Crippen molar-refractivity contribution in [1.82, 2.24) is 0 Å². The van der Waals surface area contributed by atoms with E-state index in [2.05, 4.69) is 0 Å². The minimum Gasteiger partial charge on any atom is -0.508 e. The van der Waals surface area contributed by atoms with E-state index in [0.29, 0.717) is 6.42 Å². The average molecular weight is 308 g/mol. The fourth-order valence-electron chi connectivity index (χ4n) is 2.37. The summed E-state index contributed by atoms with van der Waals surface area (Å²) < 4.78 is 0. The molecule has 3 aromatic rings. The van der Waals surface area contributed by atoms with E-state index in [4.69, 9.17) is 0 Å². The van der Waals surface area contributed by atoms with Crippen LogP contribution in [0, 0.1) is 6.92 Å². The summed E-state index contributed by atoms with van der Waals surface area (Å²) in [5.74, 6) is 0.365. The minimum absolute atomic E-state index is 0.130. The Labute approximate surface area is 133 Å². The lowest BCUT2D eigenvalue weighted by Gasteiger charge is -2.03. The number of benzene rings is 2. The maximum absolute atomic E-state index is 12.4. The van der Waals surface area contributed by atoms with Crippen LogP contribution in [0.25, 0.3) is 10.4 Å². The molecule has 0 bridgehead atoms. The van der Waals surface area contributed by atoms with E-state index >= 15 is 0 Å². The molecule has 2 aromatic carbocycles. The number of phenolic OH excluding ortho intramolecular Hbond substituents is 1. The molecular weight excluding hydrogens is 292 g/mol. The van der Waals surface area contributed by atoms with E-state index in [1.165, 1.54) is 11.3 Å². The van der Waals surface area contributed by atoms with Gasteiger partial charge in [0.05, 0.1) is 4.88 Å². The van der Waals surface area contributed by atoms with Gasteiger partial charge in [-0.15, -0.1) is 11.3 Å². The van der Waals surface area contributed by atoms with Crippen molar-refractivity contribution in [3.8, 4) is 16.2 Å². The van der Waals surface area contributed by atoms with E-state index < -0.39 is 0 Å². The highest BCUT2D eigenvalue weighted by molar-refractivity contribution is 7.17. The number of carbonyl (C=O) groups excluding carboxylic acids is 1. The first-order chi connectivity index (χ1) is 10.6. The Kier molecular flexibility index (Phi) is 4.07. The Hall–Kier alpha value is -2.39. The number of Topliss-reactive ketones (excluding diaryl/α,β-unsaturated/α-hetero) is 1. The number of phenols is 1. The molecule has 0 fully saturated rings. The molecule has 1 N–H and O–H groups in total. The highest BCUT2D eigenvalue weighted by Gasteiger charge is 2.12. The molecule has 3 heteroatoms. The van der Waals surface area contributed by atoms with E-state index in [1.54, 1.807) is 18.2 Å². The van der Waals surface area contributed by atoms with Crippen molar-refractivity contribution in [2.45, 2.75) is 13.3 Å². The zero-order valence-corrected chi connectivity index (χ0v) is 13.1. The largest absolute Gasteiger partial charge is 0.508 e. The number of carbonyl (C=O) groups is 1. The van der Waals surface area contributed by atoms with Gasteiger partial charge in [-0.2, -0.15) is 0 Å². The highest BCUT2D eigenvalue weighted by atomic mass is 32.1. The summed E-state index contributed by atoms with van der Waals surface area (Å²) in [7, 11) is 0. The van der Waals surface area contributed by atoms with Gasteiger partial charge in [0.15, 0.2) is 5.78 Å².